The number of carbonyl (C=O) groups is 1. The smallest absolute Gasteiger partial charge is 0.240 e. The molecular weight excluding hydrogens is 388 g/mol. The summed E-state index contributed by atoms with van der Waals surface area (Å²) in [7, 11) is 0. The fourth-order valence-corrected chi connectivity index (χ4v) is 4.95. The average molecular weight is 425 g/mol. The highest BCUT2D eigenvalue weighted by atomic mass is 35.5. The Morgan fingerprint density at radius 2 is 1.83 bits per heavy atom. The van der Waals surface area contributed by atoms with E-state index in [1.165, 1.54) is 38.5 Å². The minimum atomic E-state index is 0. The zero-order valence-corrected chi connectivity index (χ0v) is 18.8. The average Bonchev–Trinajstić information content (AvgIpc) is 3.47. The maximum absolute atomic E-state index is 12.8. The second kappa shape index (κ2) is 10.3. The van der Waals surface area contributed by atoms with Crippen LogP contribution in [0.25, 0.3) is 0 Å². The van der Waals surface area contributed by atoms with Crippen LogP contribution in [0, 0.1) is 17.8 Å². The first-order chi connectivity index (χ1) is 13.6. The van der Waals surface area contributed by atoms with Crippen molar-refractivity contribution in [2.24, 2.45) is 17.8 Å². The minimum absolute atomic E-state index is 0. The Hall–Kier alpha value is -1.14. The van der Waals surface area contributed by atoms with E-state index in [-0.39, 0.29) is 12.4 Å². The molecular formula is C22H37ClN4O2. The highest BCUT2D eigenvalue weighted by Crippen LogP contribution is 2.36. The molecule has 3 fully saturated rings. The molecule has 0 bridgehead atoms. The first-order valence-electron chi connectivity index (χ1n) is 11.4. The fourth-order valence-electron chi connectivity index (χ4n) is 4.95. The Morgan fingerprint density at radius 3 is 2.52 bits per heavy atom. The second-order valence-electron chi connectivity index (χ2n) is 9.54. The number of nitrogens with zero attached hydrogens (tertiary/aromatic N) is 4. The Kier molecular flexibility index (Phi) is 7.97. The van der Waals surface area contributed by atoms with Crippen molar-refractivity contribution in [3.8, 4) is 0 Å². The third-order valence-electron chi connectivity index (χ3n) is 6.65. The minimum Gasteiger partial charge on any atom is -0.339 e. The predicted molar refractivity (Wildman–Crippen MR) is 115 cm³/mol. The SMILES string of the molecule is CC(C)Cc1noc(CN2CCC(C3CCCCCN3C(=O)C3CC3)CC2)n1.Cl. The third kappa shape index (κ3) is 5.94. The molecule has 7 heteroatoms. The maximum atomic E-state index is 12.8. The van der Waals surface area contributed by atoms with Gasteiger partial charge in [-0.05, 0) is 63.5 Å². The van der Waals surface area contributed by atoms with Crippen LogP contribution in [0.15, 0.2) is 4.52 Å². The van der Waals surface area contributed by atoms with Gasteiger partial charge in [0.25, 0.3) is 0 Å². The van der Waals surface area contributed by atoms with Crippen molar-refractivity contribution in [3.63, 3.8) is 0 Å². The fraction of sp³-hybridized carbons (Fsp3) is 0.864. The van der Waals surface area contributed by atoms with Crippen LogP contribution in [-0.4, -0.2) is 51.5 Å². The van der Waals surface area contributed by atoms with E-state index < -0.39 is 0 Å². The summed E-state index contributed by atoms with van der Waals surface area (Å²) in [5, 5.41) is 4.12. The van der Waals surface area contributed by atoms with E-state index in [4.69, 9.17) is 4.52 Å². The van der Waals surface area contributed by atoms with Gasteiger partial charge in [0, 0.05) is 24.9 Å². The summed E-state index contributed by atoms with van der Waals surface area (Å²) in [5.41, 5.74) is 0. The zero-order valence-electron chi connectivity index (χ0n) is 18.0. The number of aromatic nitrogens is 2. The summed E-state index contributed by atoms with van der Waals surface area (Å²) in [4.78, 5) is 22.1. The van der Waals surface area contributed by atoms with E-state index in [1.54, 1.807) is 0 Å². The summed E-state index contributed by atoms with van der Waals surface area (Å²) >= 11 is 0. The van der Waals surface area contributed by atoms with Crippen LogP contribution in [0.2, 0.25) is 0 Å². The second-order valence-corrected chi connectivity index (χ2v) is 9.54. The van der Waals surface area contributed by atoms with Crippen molar-refractivity contribution in [2.45, 2.75) is 84.2 Å². The quantitative estimate of drug-likeness (QED) is 0.688. The number of amides is 1. The summed E-state index contributed by atoms with van der Waals surface area (Å²) in [6.45, 7) is 8.22. The lowest BCUT2D eigenvalue weighted by atomic mass is 9.86. The standard InChI is InChI=1S/C22H36N4O2.ClH/c1-16(2)14-20-23-21(28-24-20)15-25-12-9-17(10-13-25)19-6-4-3-5-11-26(19)22(27)18-7-8-18;/h16-19H,3-15H2,1-2H3;1H. The molecule has 0 aromatic carbocycles. The Bertz CT molecular complexity index is 653. The largest absolute Gasteiger partial charge is 0.339 e. The topological polar surface area (TPSA) is 62.5 Å². The van der Waals surface area contributed by atoms with E-state index >= 15 is 0 Å². The highest BCUT2D eigenvalue weighted by Gasteiger charge is 2.39. The molecule has 0 radical (unpaired) electrons. The maximum Gasteiger partial charge on any atom is 0.240 e. The van der Waals surface area contributed by atoms with Gasteiger partial charge in [-0.2, -0.15) is 4.98 Å². The molecule has 1 saturated carbocycles. The number of likely N-dealkylation sites (tertiary alicyclic amines) is 2. The van der Waals surface area contributed by atoms with Gasteiger partial charge in [-0.25, -0.2) is 0 Å². The van der Waals surface area contributed by atoms with Crippen molar-refractivity contribution in [3.05, 3.63) is 11.7 Å². The number of hydrogen-bond donors (Lipinski definition) is 0. The van der Waals surface area contributed by atoms with Crippen molar-refractivity contribution in [1.29, 1.82) is 0 Å². The normalized spacial score (nSPS) is 24.4. The molecule has 29 heavy (non-hydrogen) atoms. The van der Waals surface area contributed by atoms with E-state index in [9.17, 15) is 4.79 Å². The highest BCUT2D eigenvalue weighted by molar-refractivity contribution is 5.85. The van der Waals surface area contributed by atoms with Crippen LogP contribution >= 0.6 is 12.4 Å². The monoisotopic (exact) mass is 424 g/mol. The molecule has 2 saturated heterocycles. The molecule has 1 atom stereocenters. The molecule has 1 unspecified atom stereocenters. The number of carbonyl (C=O) groups excluding carboxylic acids is 1. The predicted octanol–water partition coefficient (Wildman–Crippen LogP) is 4.08. The lowest BCUT2D eigenvalue weighted by Gasteiger charge is -2.40. The van der Waals surface area contributed by atoms with E-state index in [0.717, 1.165) is 57.2 Å². The number of halogens is 1. The molecule has 3 heterocycles. The lowest BCUT2D eigenvalue weighted by Crippen LogP contribution is -2.48. The summed E-state index contributed by atoms with van der Waals surface area (Å²) in [5.74, 6) is 3.57. The molecule has 164 valence electrons. The van der Waals surface area contributed by atoms with Crippen molar-refractivity contribution in [1.82, 2.24) is 19.9 Å². The van der Waals surface area contributed by atoms with Crippen LogP contribution in [0.5, 0.6) is 0 Å². The molecule has 2 aliphatic heterocycles. The Morgan fingerprint density at radius 1 is 1.07 bits per heavy atom. The van der Waals surface area contributed by atoms with Crippen LogP contribution in [0.1, 0.15) is 76.9 Å². The first kappa shape index (κ1) is 22.5. The molecule has 0 spiro atoms. The van der Waals surface area contributed by atoms with Crippen LogP contribution in [0.4, 0.5) is 0 Å². The molecule has 4 rings (SSSR count). The first-order valence-corrected chi connectivity index (χ1v) is 11.4. The third-order valence-corrected chi connectivity index (χ3v) is 6.65. The van der Waals surface area contributed by atoms with Gasteiger partial charge in [-0.1, -0.05) is 31.8 Å². The molecule has 1 aromatic rings. The molecule has 0 N–H and O–H groups in total. The van der Waals surface area contributed by atoms with Gasteiger partial charge in [-0.3, -0.25) is 9.69 Å². The molecule has 1 amide bonds. The van der Waals surface area contributed by atoms with E-state index in [1.807, 2.05) is 0 Å². The Balaban J connectivity index is 0.00000240. The van der Waals surface area contributed by atoms with Gasteiger partial charge in [-0.15, -0.1) is 12.4 Å². The zero-order chi connectivity index (χ0) is 19.5. The van der Waals surface area contributed by atoms with Crippen LogP contribution in [0.3, 0.4) is 0 Å². The molecule has 3 aliphatic rings. The molecule has 6 nitrogen and oxygen atoms in total. The summed E-state index contributed by atoms with van der Waals surface area (Å²) in [6, 6.07) is 0.471. The van der Waals surface area contributed by atoms with Crippen LogP contribution in [-0.2, 0) is 17.8 Å². The molecule has 1 aromatic heterocycles. The number of piperidine rings is 1. The van der Waals surface area contributed by atoms with Crippen molar-refractivity contribution >= 4 is 18.3 Å². The summed E-state index contributed by atoms with van der Waals surface area (Å²) < 4.78 is 5.45. The number of hydrogen-bond acceptors (Lipinski definition) is 5. The van der Waals surface area contributed by atoms with E-state index in [0.29, 0.717) is 29.7 Å². The van der Waals surface area contributed by atoms with Crippen molar-refractivity contribution < 1.29 is 9.32 Å². The molecule has 1 aliphatic carbocycles. The summed E-state index contributed by atoms with van der Waals surface area (Å²) in [6.07, 6.45) is 10.4. The van der Waals surface area contributed by atoms with Gasteiger partial charge >= 0.3 is 0 Å². The van der Waals surface area contributed by atoms with E-state index in [2.05, 4.69) is 33.8 Å². The van der Waals surface area contributed by atoms with Crippen molar-refractivity contribution in [2.75, 3.05) is 19.6 Å². The number of rotatable bonds is 6. The van der Waals surface area contributed by atoms with Gasteiger partial charge in [0.2, 0.25) is 11.8 Å². The Labute approximate surface area is 181 Å². The lowest BCUT2D eigenvalue weighted by molar-refractivity contribution is -0.136. The van der Waals surface area contributed by atoms with Crippen LogP contribution < -0.4 is 0 Å². The van der Waals surface area contributed by atoms with Gasteiger partial charge in [0.1, 0.15) is 0 Å². The van der Waals surface area contributed by atoms with Gasteiger partial charge < -0.3 is 9.42 Å². The van der Waals surface area contributed by atoms with Gasteiger partial charge in [0.05, 0.1) is 6.54 Å². The van der Waals surface area contributed by atoms with Gasteiger partial charge in [0.15, 0.2) is 5.82 Å².